The second-order valence-electron chi connectivity index (χ2n) is 4.38. The minimum atomic E-state index is -3.79. The van der Waals surface area contributed by atoms with Gasteiger partial charge in [0.2, 0.25) is 10.0 Å². The molecule has 0 fully saturated rings. The van der Waals surface area contributed by atoms with Gasteiger partial charge >= 0.3 is 0 Å². The molecule has 0 radical (unpaired) electrons. The van der Waals surface area contributed by atoms with Crippen molar-refractivity contribution >= 4 is 15.7 Å². The predicted octanol–water partition coefficient (Wildman–Crippen LogP) is 1.64. The number of benzene rings is 1. The summed E-state index contributed by atoms with van der Waals surface area (Å²) in [4.78, 5) is -0.0730. The normalized spacial score (nSPS) is 13.3. The highest BCUT2D eigenvalue weighted by Gasteiger charge is 2.26. The first kappa shape index (κ1) is 15.4. The minimum Gasteiger partial charge on any atom is -0.396 e. The van der Waals surface area contributed by atoms with Crippen LogP contribution in [0.1, 0.15) is 18.9 Å². The summed E-state index contributed by atoms with van der Waals surface area (Å²) < 4.78 is 39.1. The average Bonchev–Trinajstić information content (AvgIpc) is 2.34. The Morgan fingerprint density at radius 3 is 2.58 bits per heavy atom. The maximum absolute atomic E-state index is 13.4. The zero-order valence-corrected chi connectivity index (χ0v) is 11.8. The van der Waals surface area contributed by atoms with Crippen molar-refractivity contribution in [1.29, 1.82) is 5.26 Å². The van der Waals surface area contributed by atoms with Crippen molar-refractivity contribution in [2.45, 2.75) is 31.2 Å². The van der Waals surface area contributed by atoms with E-state index in [1.807, 2.05) is 6.07 Å². The molecule has 19 heavy (non-hydrogen) atoms. The Morgan fingerprint density at radius 1 is 1.53 bits per heavy atom. The van der Waals surface area contributed by atoms with Crippen molar-refractivity contribution in [1.82, 2.24) is 4.31 Å². The molecule has 1 atom stereocenters. The monoisotopic (exact) mass is 285 g/mol. The van der Waals surface area contributed by atoms with E-state index in [1.54, 1.807) is 6.92 Å². The molecule has 0 aliphatic rings. The number of nitriles is 1. The van der Waals surface area contributed by atoms with Gasteiger partial charge in [-0.3, -0.25) is 0 Å². The first-order chi connectivity index (χ1) is 8.71. The maximum atomic E-state index is 13.4. The van der Waals surface area contributed by atoms with Crippen molar-refractivity contribution in [3.8, 4) is 6.07 Å². The first-order valence-electron chi connectivity index (χ1n) is 5.62. The van der Waals surface area contributed by atoms with E-state index in [1.165, 1.54) is 20.0 Å². The van der Waals surface area contributed by atoms with Crippen molar-refractivity contribution in [2.24, 2.45) is 0 Å². The van der Waals surface area contributed by atoms with Crippen LogP contribution in [0, 0.1) is 24.1 Å². The number of sulfonamides is 1. The lowest BCUT2D eigenvalue weighted by Crippen LogP contribution is -2.35. The molecule has 1 aromatic rings. The zero-order chi connectivity index (χ0) is 14.8. The zero-order valence-electron chi connectivity index (χ0n) is 11.0. The summed E-state index contributed by atoms with van der Waals surface area (Å²) in [5.41, 5.74) is 5.40. The van der Waals surface area contributed by atoms with E-state index in [2.05, 4.69) is 0 Å². The molecule has 0 aliphatic heterocycles. The first-order valence-corrected chi connectivity index (χ1v) is 7.06. The van der Waals surface area contributed by atoms with Gasteiger partial charge in [-0.2, -0.15) is 9.57 Å². The molecule has 0 saturated carbocycles. The second kappa shape index (κ2) is 5.55. The number of nitrogen functional groups attached to an aromatic ring is 1. The van der Waals surface area contributed by atoms with Crippen LogP contribution in [0.2, 0.25) is 0 Å². The number of rotatable bonds is 4. The van der Waals surface area contributed by atoms with E-state index in [-0.39, 0.29) is 22.6 Å². The number of hydrogen-bond donors (Lipinski definition) is 1. The van der Waals surface area contributed by atoms with Gasteiger partial charge in [0.25, 0.3) is 0 Å². The fourth-order valence-electron chi connectivity index (χ4n) is 1.58. The van der Waals surface area contributed by atoms with Crippen molar-refractivity contribution in [2.75, 3.05) is 12.8 Å². The van der Waals surface area contributed by atoms with Gasteiger partial charge in [0.05, 0.1) is 23.1 Å². The fraction of sp³-hybridized carbons (Fsp3) is 0.417. The quantitative estimate of drug-likeness (QED) is 0.852. The van der Waals surface area contributed by atoms with Crippen LogP contribution in [0.3, 0.4) is 0 Å². The van der Waals surface area contributed by atoms with Gasteiger partial charge in [-0.25, -0.2) is 12.8 Å². The smallest absolute Gasteiger partial charge is 0.243 e. The number of aryl methyl sites for hydroxylation is 1. The van der Waals surface area contributed by atoms with Gasteiger partial charge in [-0.05, 0) is 31.5 Å². The number of halogens is 1. The van der Waals surface area contributed by atoms with E-state index >= 15 is 0 Å². The van der Waals surface area contributed by atoms with Gasteiger partial charge in [0.15, 0.2) is 0 Å². The Morgan fingerprint density at radius 2 is 2.11 bits per heavy atom. The lowest BCUT2D eigenvalue weighted by Gasteiger charge is -2.22. The highest BCUT2D eigenvalue weighted by Crippen LogP contribution is 2.24. The number of nitrogens with zero attached hydrogens (tertiary/aromatic N) is 2. The van der Waals surface area contributed by atoms with Crippen molar-refractivity contribution < 1.29 is 12.8 Å². The SMILES string of the molecule is Cc1cc(S(=O)(=O)N(C)C(C)CC#N)cc(N)c1F. The van der Waals surface area contributed by atoms with E-state index < -0.39 is 21.9 Å². The van der Waals surface area contributed by atoms with Gasteiger partial charge in [-0.1, -0.05) is 0 Å². The summed E-state index contributed by atoms with van der Waals surface area (Å²) in [7, 11) is -2.41. The highest BCUT2D eigenvalue weighted by atomic mass is 32.2. The topological polar surface area (TPSA) is 87.2 Å². The molecule has 104 valence electrons. The molecule has 2 N–H and O–H groups in total. The van der Waals surface area contributed by atoms with Crippen LogP contribution in [0.15, 0.2) is 17.0 Å². The van der Waals surface area contributed by atoms with E-state index in [0.717, 1.165) is 10.4 Å². The van der Waals surface area contributed by atoms with E-state index in [9.17, 15) is 12.8 Å². The van der Waals surface area contributed by atoms with E-state index in [4.69, 9.17) is 11.0 Å². The average molecular weight is 285 g/mol. The minimum absolute atomic E-state index is 0.0730. The molecular formula is C12H16FN3O2S. The number of hydrogen-bond acceptors (Lipinski definition) is 4. The molecule has 1 rings (SSSR count). The Kier molecular flexibility index (Phi) is 4.50. The highest BCUT2D eigenvalue weighted by molar-refractivity contribution is 7.89. The Labute approximate surface area is 112 Å². The third-order valence-electron chi connectivity index (χ3n) is 2.94. The van der Waals surface area contributed by atoms with Crippen LogP contribution in [0.5, 0.6) is 0 Å². The molecule has 1 unspecified atom stereocenters. The molecular weight excluding hydrogens is 269 g/mol. The van der Waals surface area contributed by atoms with Crippen LogP contribution in [0.4, 0.5) is 10.1 Å². The van der Waals surface area contributed by atoms with Crippen LogP contribution >= 0.6 is 0 Å². The van der Waals surface area contributed by atoms with Crippen LogP contribution < -0.4 is 5.73 Å². The third-order valence-corrected chi connectivity index (χ3v) is 4.89. The molecule has 0 heterocycles. The number of anilines is 1. The molecule has 0 amide bonds. The lowest BCUT2D eigenvalue weighted by atomic mass is 10.2. The molecule has 7 heteroatoms. The second-order valence-corrected chi connectivity index (χ2v) is 6.37. The standard InChI is InChI=1S/C12H16FN3O2S/c1-8-6-10(7-11(15)12(8)13)19(17,18)16(3)9(2)4-5-14/h6-7,9H,4,15H2,1-3H3. The summed E-state index contributed by atoms with van der Waals surface area (Å²) >= 11 is 0. The number of nitrogens with two attached hydrogens (primary N) is 1. The molecule has 1 aromatic carbocycles. The largest absolute Gasteiger partial charge is 0.396 e. The molecule has 5 nitrogen and oxygen atoms in total. The van der Waals surface area contributed by atoms with Crippen molar-refractivity contribution in [3.63, 3.8) is 0 Å². The lowest BCUT2D eigenvalue weighted by molar-refractivity contribution is 0.393. The van der Waals surface area contributed by atoms with Gasteiger partial charge < -0.3 is 5.73 Å². The molecule has 0 aromatic heterocycles. The summed E-state index contributed by atoms with van der Waals surface area (Å²) in [6.07, 6.45) is 0.0748. The summed E-state index contributed by atoms with van der Waals surface area (Å²) in [5.74, 6) is -0.619. The maximum Gasteiger partial charge on any atom is 0.243 e. The predicted molar refractivity (Wildman–Crippen MR) is 70.2 cm³/mol. The van der Waals surface area contributed by atoms with Gasteiger partial charge in [0.1, 0.15) is 5.82 Å². The Balaban J connectivity index is 3.25. The van der Waals surface area contributed by atoms with Crippen molar-refractivity contribution in [3.05, 3.63) is 23.5 Å². The molecule has 0 spiro atoms. The van der Waals surface area contributed by atoms with Gasteiger partial charge in [-0.15, -0.1) is 0 Å². The third kappa shape index (κ3) is 3.03. The molecule has 0 saturated heterocycles. The molecule has 0 aliphatic carbocycles. The summed E-state index contributed by atoms with van der Waals surface area (Å²) in [6.45, 7) is 3.07. The summed E-state index contributed by atoms with van der Waals surface area (Å²) in [5, 5.41) is 8.61. The summed E-state index contributed by atoms with van der Waals surface area (Å²) in [6, 6.07) is 3.77. The Bertz CT molecular complexity index is 599. The Hall–Kier alpha value is -1.65. The fourth-order valence-corrected chi connectivity index (χ4v) is 3.06. The van der Waals surface area contributed by atoms with Crippen LogP contribution in [-0.2, 0) is 10.0 Å². The van der Waals surface area contributed by atoms with Crippen LogP contribution in [0.25, 0.3) is 0 Å². The van der Waals surface area contributed by atoms with E-state index in [0.29, 0.717) is 0 Å². The molecule has 0 bridgehead atoms. The van der Waals surface area contributed by atoms with Gasteiger partial charge in [0, 0.05) is 13.1 Å². The van der Waals surface area contributed by atoms with Crippen LogP contribution in [-0.4, -0.2) is 25.8 Å².